The molecular weight excluding hydrogens is 194 g/mol. The molecule has 1 aromatic rings. The minimum absolute atomic E-state index is 0.484. The van der Waals surface area contributed by atoms with Gasteiger partial charge in [-0.1, -0.05) is 5.16 Å². The van der Waals surface area contributed by atoms with E-state index in [1.807, 2.05) is 0 Å². The number of methoxy groups -OCH3 is 1. The number of hydrogen-bond donors (Lipinski definition) is 1. The lowest BCUT2D eigenvalue weighted by Crippen LogP contribution is -2.36. The predicted octanol–water partition coefficient (Wildman–Crippen LogP) is 0.627. The minimum Gasteiger partial charge on any atom is -0.383 e. The maximum atomic E-state index is 5.18. The second-order valence-corrected chi connectivity index (χ2v) is 3.94. The quantitative estimate of drug-likeness (QED) is 0.716. The van der Waals surface area contributed by atoms with E-state index in [2.05, 4.69) is 15.5 Å². The van der Waals surface area contributed by atoms with E-state index < -0.39 is 0 Å². The van der Waals surface area contributed by atoms with E-state index in [-0.39, 0.29) is 0 Å². The van der Waals surface area contributed by atoms with Gasteiger partial charge in [-0.2, -0.15) is 4.98 Å². The van der Waals surface area contributed by atoms with Crippen LogP contribution in [0.15, 0.2) is 10.9 Å². The number of hydrogen-bond acceptors (Lipinski definition) is 5. The van der Waals surface area contributed by atoms with Crippen molar-refractivity contribution >= 4 is 0 Å². The highest BCUT2D eigenvalue weighted by atomic mass is 16.5. The number of nitrogens with zero attached hydrogens (tertiary/aromatic N) is 2. The molecule has 1 unspecified atom stereocenters. The van der Waals surface area contributed by atoms with E-state index in [4.69, 9.17) is 9.26 Å². The van der Waals surface area contributed by atoms with Crippen LogP contribution < -0.4 is 5.32 Å². The summed E-state index contributed by atoms with van der Waals surface area (Å²) in [7, 11) is 1.75. The van der Waals surface area contributed by atoms with Crippen LogP contribution in [-0.2, 0) is 11.2 Å². The molecule has 0 aromatic carbocycles. The second kappa shape index (κ2) is 5.23. The summed E-state index contributed by atoms with van der Waals surface area (Å²) in [6.45, 7) is 1.65. The molecule has 1 heterocycles. The van der Waals surface area contributed by atoms with Gasteiger partial charge in [0.1, 0.15) is 0 Å². The fourth-order valence-electron chi connectivity index (χ4n) is 1.71. The Morgan fingerprint density at radius 1 is 1.67 bits per heavy atom. The van der Waals surface area contributed by atoms with Gasteiger partial charge in [-0.3, -0.25) is 0 Å². The number of nitrogens with one attached hydrogen (secondary N) is 1. The van der Waals surface area contributed by atoms with Crippen LogP contribution >= 0.6 is 0 Å². The number of rotatable bonds is 7. The molecule has 1 aliphatic carbocycles. The van der Waals surface area contributed by atoms with Crippen LogP contribution in [-0.4, -0.2) is 36.4 Å². The summed E-state index contributed by atoms with van der Waals surface area (Å²) in [6, 6.07) is 0.484. The second-order valence-electron chi connectivity index (χ2n) is 3.94. The summed E-state index contributed by atoms with van der Waals surface area (Å²) in [5.41, 5.74) is 0. The van der Waals surface area contributed by atoms with E-state index in [0.29, 0.717) is 11.9 Å². The normalized spacial score (nSPS) is 17.9. The summed E-state index contributed by atoms with van der Waals surface area (Å²) in [6.07, 6.45) is 4.86. The Bertz CT molecular complexity index is 272. The Labute approximate surface area is 89.2 Å². The molecule has 1 saturated carbocycles. The molecule has 0 bridgehead atoms. The van der Waals surface area contributed by atoms with Crippen LogP contribution in [0.5, 0.6) is 0 Å². The van der Waals surface area contributed by atoms with E-state index in [0.717, 1.165) is 25.5 Å². The molecule has 5 heteroatoms. The Balaban J connectivity index is 1.66. The maximum Gasteiger partial charge on any atom is 0.227 e. The minimum atomic E-state index is 0.484. The van der Waals surface area contributed by atoms with Gasteiger partial charge >= 0.3 is 0 Å². The summed E-state index contributed by atoms with van der Waals surface area (Å²) < 4.78 is 10.1. The molecule has 5 nitrogen and oxygen atoms in total. The van der Waals surface area contributed by atoms with Crippen molar-refractivity contribution in [1.82, 2.24) is 15.5 Å². The number of aromatic nitrogens is 2. The third-order valence-electron chi connectivity index (χ3n) is 2.69. The Hall–Kier alpha value is -0.940. The van der Waals surface area contributed by atoms with Gasteiger partial charge < -0.3 is 14.6 Å². The van der Waals surface area contributed by atoms with Crippen molar-refractivity contribution in [3.05, 3.63) is 12.2 Å². The van der Waals surface area contributed by atoms with Gasteiger partial charge in [-0.05, 0) is 18.8 Å². The molecule has 1 atom stereocenters. The average Bonchev–Trinajstić information content (AvgIpc) is 2.96. The van der Waals surface area contributed by atoms with Crippen LogP contribution in [0.2, 0.25) is 0 Å². The van der Waals surface area contributed by atoms with Crippen LogP contribution in [0.4, 0.5) is 0 Å². The molecule has 15 heavy (non-hydrogen) atoms. The third-order valence-corrected chi connectivity index (χ3v) is 2.69. The van der Waals surface area contributed by atoms with Gasteiger partial charge in [-0.25, -0.2) is 0 Å². The molecule has 1 fully saturated rings. The molecular formula is C10H17N3O2. The van der Waals surface area contributed by atoms with Crippen molar-refractivity contribution in [2.45, 2.75) is 25.3 Å². The summed E-state index contributed by atoms with van der Waals surface area (Å²) in [4.78, 5) is 3.97. The molecule has 1 aliphatic rings. The van der Waals surface area contributed by atoms with E-state index in [1.165, 1.54) is 19.2 Å². The zero-order chi connectivity index (χ0) is 10.5. The first-order valence-corrected chi connectivity index (χ1v) is 5.38. The lowest BCUT2D eigenvalue weighted by molar-refractivity contribution is 0.157. The van der Waals surface area contributed by atoms with Gasteiger partial charge in [-0.15, -0.1) is 0 Å². The van der Waals surface area contributed by atoms with Crippen molar-refractivity contribution in [3.63, 3.8) is 0 Å². The summed E-state index contributed by atoms with van der Waals surface area (Å²) in [5.74, 6) is 1.49. The fourth-order valence-corrected chi connectivity index (χ4v) is 1.71. The standard InChI is InChI=1S/C10H17N3O2/c1-14-6-9(8-2-3-8)11-5-4-10-12-7-13-15-10/h7-9,11H,2-6H2,1H3. The highest BCUT2D eigenvalue weighted by Gasteiger charge is 2.30. The van der Waals surface area contributed by atoms with Gasteiger partial charge in [0.05, 0.1) is 6.61 Å². The van der Waals surface area contributed by atoms with Crippen molar-refractivity contribution in [2.75, 3.05) is 20.3 Å². The van der Waals surface area contributed by atoms with Crippen LogP contribution in [0, 0.1) is 5.92 Å². The van der Waals surface area contributed by atoms with Crippen LogP contribution in [0.3, 0.4) is 0 Å². The molecule has 2 rings (SSSR count). The SMILES string of the molecule is COCC(NCCc1ncno1)C1CC1. The molecule has 1 N–H and O–H groups in total. The summed E-state index contributed by atoms with van der Waals surface area (Å²) >= 11 is 0. The predicted molar refractivity (Wildman–Crippen MR) is 54.4 cm³/mol. The molecule has 84 valence electrons. The van der Waals surface area contributed by atoms with Crippen molar-refractivity contribution in [1.29, 1.82) is 0 Å². The smallest absolute Gasteiger partial charge is 0.227 e. The molecule has 0 spiro atoms. The van der Waals surface area contributed by atoms with Crippen LogP contribution in [0.1, 0.15) is 18.7 Å². The first-order valence-electron chi connectivity index (χ1n) is 5.38. The molecule has 0 aliphatic heterocycles. The maximum absolute atomic E-state index is 5.18. The van der Waals surface area contributed by atoms with E-state index in [9.17, 15) is 0 Å². The highest BCUT2D eigenvalue weighted by Crippen LogP contribution is 2.32. The molecule has 1 aromatic heterocycles. The van der Waals surface area contributed by atoms with Gasteiger partial charge in [0.25, 0.3) is 0 Å². The third kappa shape index (κ3) is 3.28. The fraction of sp³-hybridized carbons (Fsp3) is 0.800. The largest absolute Gasteiger partial charge is 0.383 e. The summed E-state index contributed by atoms with van der Waals surface area (Å²) in [5, 5.41) is 7.03. The first-order chi connectivity index (χ1) is 7.40. The van der Waals surface area contributed by atoms with Gasteiger partial charge in [0, 0.05) is 26.1 Å². The van der Waals surface area contributed by atoms with E-state index >= 15 is 0 Å². The van der Waals surface area contributed by atoms with Crippen LogP contribution in [0.25, 0.3) is 0 Å². The van der Waals surface area contributed by atoms with E-state index in [1.54, 1.807) is 7.11 Å². The lowest BCUT2D eigenvalue weighted by atomic mass is 10.2. The Morgan fingerprint density at radius 2 is 2.53 bits per heavy atom. The zero-order valence-electron chi connectivity index (χ0n) is 8.98. The molecule has 0 radical (unpaired) electrons. The Morgan fingerprint density at radius 3 is 3.13 bits per heavy atom. The highest BCUT2D eigenvalue weighted by molar-refractivity contribution is 4.87. The topological polar surface area (TPSA) is 60.2 Å². The van der Waals surface area contributed by atoms with Crippen molar-refractivity contribution in [3.8, 4) is 0 Å². The molecule has 0 saturated heterocycles. The lowest BCUT2D eigenvalue weighted by Gasteiger charge is -2.16. The van der Waals surface area contributed by atoms with Gasteiger partial charge in [0.2, 0.25) is 5.89 Å². The van der Waals surface area contributed by atoms with Gasteiger partial charge in [0.15, 0.2) is 6.33 Å². The van der Waals surface area contributed by atoms with Crippen molar-refractivity contribution in [2.24, 2.45) is 5.92 Å². The first kappa shape index (κ1) is 10.6. The average molecular weight is 211 g/mol. The Kier molecular flexibility index (Phi) is 3.69. The molecule has 0 amide bonds. The van der Waals surface area contributed by atoms with Crippen molar-refractivity contribution < 1.29 is 9.26 Å². The monoisotopic (exact) mass is 211 g/mol. The zero-order valence-corrected chi connectivity index (χ0v) is 8.98. The number of ether oxygens (including phenoxy) is 1.